The predicted molar refractivity (Wildman–Crippen MR) is 91.6 cm³/mol. The Kier molecular flexibility index (Phi) is 3.63. The van der Waals surface area contributed by atoms with E-state index in [1.54, 1.807) is 11.8 Å². The van der Waals surface area contributed by atoms with Gasteiger partial charge in [0.25, 0.3) is 0 Å². The second-order valence-corrected chi connectivity index (χ2v) is 7.84. The molecule has 0 radical (unpaired) electrons. The molecule has 5 rings (SSSR count). The van der Waals surface area contributed by atoms with Crippen molar-refractivity contribution in [2.24, 2.45) is 11.8 Å². The largest absolute Gasteiger partial charge is 0.357 e. The van der Waals surface area contributed by atoms with E-state index < -0.39 is 0 Å². The fourth-order valence-corrected chi connectivity index (χ4v) is 4.70. The number of fused-ring (bicyclic) bond motifs is 5. The third kappa shape index (κ3) is 2.81. The first-order valence-electron chi connectivity index (χ1n) is 7.69. The molecule has 1 saturated carbocycles. The first-order chi connectivity index (χ1) is 10.3. The van der Waals surface area contributed by atoms with Gasteiger partial charge in [-0.05, 0) is 61.4 Å². The van der Waals surface area contributed by atoms with Gasteiger partial charge in [0.1, 0.15) is 4.32 Å². The lowest BCUT2D eigenvalue weighted by atomic mass is 9.84. The molecule has 0 unspecified atom stereocenters. The average Bonchev–Trinajstić information content (AvgIpc) is 2.68. The molecule has 1 aromatic carbocycles. The molecule has 1 aromatic heterocycles. The van der Waals surface area contributed by atoms with Crippen LogP contribution in [0.25, 0.3) is 11.0 Å². The zero-order chi connectivity index (χ0) is 14.2. The van der Waals surface area contributed by atoms with Crippen LogP contribution in [0, 0.1) is 11.8 Å². The van der Waals surface area contributed by atoms with Crippen LogP contribution in [0.15, 0.2) is 29.4 Å². The van der Waals surface area contributed by atoms with Crippen LogP contribution in [0.4, 0.5) is 0 Å². The summed E-state index contributed by atoms with van der Waals surface area (Å²) in [4.78, 5) is 10.4. The molecule has 0 amide bonds. The smallest absolute Gasteiger partial charge is 0.173 e. The van der Waals surface area contributed by atoms with Crippen LogP contribution in [0.3, 0.4) is 0 Å². The summed E-state index contributed by atoms with van der Waals surface area (Å²) >= 11 is 7.29. The minimum absolute atomic E-state index is 0.845. The molecule has 0 atom stereocenters. The van der Waals surface area contributed by atoms with Gasteiger partial charge in [-0.2, -0.15) is 0 Å². The lowest BCUT2D eigenvalue weighted by Gasteiger charge is -2.24. The van der Waals surface area contributed by atoms with Crippen molar-refractivity contribution in [3.05, 3.63) is 24.3 Å². The van der Waals surface area contributed by atoms with Gasteiger partial charge in [-0.25, -0.2) is 4.98 Å². The monoisotopic (exact) mass is 317 g/mol. The first kappa shape index (κ1) is 13.6. The Morgan fingerprint density at radius 2 is 1.81 bits per heavy atom. The van der Waals surface area contributed by atoms with Crippen molar-refractivity contribution in [2.45, 2.75) is 30.8 Å². The summed E-state index contributed by atoms with van der Waals surface area (Å²) in [7, 11) is 0. The minimum Gasteiger partial charge on any atom is -0.357 e. The van der Waals surface area contributed by atoms with E-state index in [0.29, 0.717) is 0 Å². The van der Waals surface area contributed by atoms with Crippen LogP contribution in [0.5, 0.6) is 0 Å². The van der Waals surface area contributed by atoms with Crippen molar-refractivity contribution in [3.63, 3.8) is 0 Å². The third-order valence-corrected chi connectivity index (χ3v) is 6.06. The van der Waals surface area contributed by atoms with Crippen LogP contribution in [0.1, 0.15) is 25.7 Å². The first-order valence-corrected chi connectivity index (χ1v) is 8.92. The highest BCUT2D eigenvalue weighted by molar-refractivity contribution is 8.22. The number of nitrogens with one attached hydrogen (secondary N) is 1. The molecule has 2 saturated heterocycles. The standard InChI is InChI=1S/C16H19N3S2/c20-16(19-9-11-5-6-12(10-19)8-7-11)21-15-17-13-3-1-2-4-14(13)18-15/h1-4,11-12H,5-10H2,(H,17,18). The van der Waals surface area contributed by atoms with Gasteiger partial charge in [-0.1, -0.05) is 24.4 Å². The summed E-state index contributed by atoms with van der Waals surface area (Å²) < 4.78 is 0.979. The topological polar surface area (TPSA) is 31.9 Å². The summed E-state index contributed by atoms with van der Waals surface area (Å²) in [6, 6.07) is 8.13. The van der Waals surface area contributed by atoms with E-state index in [0.717, 1.165) is 45.4 Å². The number of nitrogens with zero attached hydrogens (tertiary/aromatic N) is 2. The Balaban J connectivity index is 1.50. The van der Waals surface area contributed by atoms with E-state index >= 15 is 0 Å². The number of benzene rings is 1. The minimum atomic E-state index is 0.845. The predicted octanol–water partition coefficient (Wildman–Crippen LogP) is 4.06. The molecule has 1 aliphatic carbocycles. The molecule has 0 spiro atoms. The zero-order valence-corrected chi connectivity index (χ0v) is 13.6. The number of aromatic nitrogens is 2. The van der Waals surface area contributed by atoms with E-state index in [1.165, 1.54) is 25.7 Å². The van der Waals surface area contributed by atoms with Crippen molar-refractivity contribution in [3.8, 4) is 0 Å². The molecular formula is C16H19N3S2. The number of rotatable bonds is 1. The lowest BCUT2D eigenvalue weighted by Crippen LogP contribution is -2.31. The van der Waals surface area contributed by atoms with Gasteiger partial charge >= 0.3 is 0 Å². The highest BCUT2D eigenvalue weighted by atomic mass is 32.2. The van der Waals surface area contributed by atoms with Gasteiger partial charge in [0.05, 0.1) is 11.0 Å². The lowest BCUT2D eigenvalue weighted by molar-refractivity contribution is 0.326. The van der Waals surface area contributed by atoms with Gasteiger partial charge in [0.2, 0.25) is 0 Å². The van der Waals surface area contributed by atoms with Crippen molar-refractivity contribution >= 4 is 39.3 Å². The van der Waals surface area contributed by atoms with E-state index in [9.17, 15) is 0 Å². The number of H-pyrrole nitrogens is 1. The molecule has 3 heterocycles. The van der Waals surface area contributed by atoms with Gasteiger partial charge < -0.3 is 9.88 Å². The highest BCUT2D eigenvalue weighted by Crippen LogP contribution is 2.35. The molecule has 3 fully saturated rings. The maximum absolute atomic E-state index is 5.68. The van der Waals surface area contributed by atoms with Gasteiger partial charge in [0.15, 0.2) is 5.16 Å². The summed E-state index contributed by atoms with van der Waals surface area (Å²) in [5.74, 6) is 1.69. The van der Waals surface area contributed by atoms with Crippen molar-refractivity contribution in [2.75, 3.05) is 13.1 Å². The molecule has 3 nitrogen and oxygen atoms in total. The van der Waals surface area contributed by atoms with Crippen LogP contribution in [-0.4, -0.2) is 32.3 Å². The number of thioether (sulfide) groups is 1. The maximum atomic E-state index is 5.68. The molecule has 2 aromatic rings. The molecule has 3 aliphatic rings. The van der Waals surface area contributed by atoms with Crippen molar-refractivity contribution in [1.29, 1.82) is 0 Å². The number of hydrogen-bond donors (Lipinski definition) is 1. The molecule has 1 N–H and O–H groups in total. The Labute approximate surface area is 134 Å². The van der Waals surface area contributed by atoms with Gasteiger partial charge in [-0.15, -0.1) is 0 Å². The van der Waals surface area contributed by atoms with Crippen molar-refractivity contribution in [1.82, 2.24) is 14.9 Å². The van der Waals surface area contributed by atoms with Crippen LogP contribution >= 0.6 is 24.0 Å². The second-order valence-electron chi connectivity index (χ2n) is 6.22. The number of para-hydroxylation sites is 2. The summed E-state index contributed by atoms with van der Waals surface area (Å²) in [6.07, 6.45) is 5.55. The Bertz CT molecular complexity index is 611. The summed E-state index contributed by atoms with van der Waals surface area (Å²) in [6.45, 7) is 2.28. The van der Waals surface area contributed by atoms with Crippen LogP contribution in [-0.2, 0) is 0 Å². The fourth-order valence-electron chi connectivity index (χ4n) is 3.57. The Morgan fingerprint density at radius 3 is 2.48 bits per heavy atom. The molecular weight excluding hydrogens is 298 g/mol. The average molecular weight is 317 g/mol. The van der Waals surface area contributed by atoms with E-state index in [-0.39, 0.29) is 0 Å². The molecule has 5 heteroatoms. The normalized spacial score (nSPS) is 25.2. The molecule has 110 valence electrons. The molecule has 2 aliphatic heterocycles. The number of aromatic amines is 1. The second kappa shape index (κ2) is 5.61. The highest BCUT2D eigenvalue weighted by Gasteiger charge is 2.30. The van der Waals surface area contributed by atoms with Gasteiger partial charge in [-0.3, -0.25) is 0 Å². The SMILES string of the molecule is S=C(Sc1nc2ccccc2[nH]1)N1CC2CCC(CC2)C1. The zero-order valence-electron chi connectivity index (χ0n) is 11.9. The quantitative estimate of drug-likeness (QED) is 0.635. The Hall–Kier alpha value is -1.07. The Morgan fingerprint density at radius 1 is 1.14 bits per heavy atom. The van der Waals surface area contributed by atoms with E-state index in [2.05, 4.69) is 20.9 Å². The third-order valence-electron chi connectivity index (χ3n) is 4.73. The number of hydrogen-bond acceptors (Lipinski definition) is 3. The number of thiocarbonyl (C=S) groups is 1. The fraction of sp³-hybridized carbons (Fsp3) is 0.500. The maximum Gasteiger partial charge on any atom is 0.173 e. The van der Waals surface area contributed by atoms with E-state index in [4.69, 9.17) is 12.2 Å². The van der Waals surface area contributed by atoms with E-state index in [1.807, 2.05) is 18.2 Å². The number of imidazole rings is 1. The van der Waals surface area contributed by atoms with Crippen LogP contribution < -0.4 is 0 Å². The van der Waals surface area contributed by atoms with Crippen molar-refractivity contribution < 1.29 is 0 Å². The summed E-state index contributed by atoms with van der Waals surface area (Å²) in [5, 5.41) is 0.915. The summed E-state index contributed by atoms with van der Waals surface area (Å²) in [5.41, 5.74) is 2.09. The molecule has 21 heavy (non-hydrogen) atoms. The molecule has 2 bridgehead atoms. The van der Waals surface area contributed by atoms with Crippen LogP contribution in [0.2, 0.25) is 0 Å². The van der Waals surface area contributed by atoms with Gasteiger partial charge in [0, 0.05) is 13.1 Å².